The van der Waals surface area contributed by atoms with Gasteiger partial charge in [0.25, 0.3) is 10.2 Å². The normalized spacial score (nSPS) is 26.1. The average molecular weight is 299 g/mol. The maximum Gasteiger partial charge on any atom is 0.274 e. The van der Waals surface area contributed by atoms with E-state index in [1.807, 2.05) is 20.8 Å². The summed E-state index contributed by atoms with van der Waals surface area (Å²) in [5.74, 6) is 0. The lowest BCUT2D eigenvalue weighted by molar-refractivity contribution is -0.946. The van der Waals surface area contributed by atoms with Gasteiger partial charge in [-0.1, -0.05) is 19.3 Å². The molecule has 0 aromatic heterocycles. The molecular formula is C15H31N4O2+. The van der Waals surface area contributed by atoms with Crippen LogP contribution in [0, 0.1) is 0 Å². The van der Waals surface area contributed by atoms with Crippen molar-refractivity contribution >= 4 is 0 Å². The van der Waals surface area contributed by atoms with Crippen LogP contribution in [0.5, 0.6) is 0 Å². The monoisotopic (exact) mass is 299 g/mol. The summed E-state index contributed by atoms with van der Waals surface area (Å²) in [7, 11) is 1.79. The van der Waals surface area contributed by atoms with Gasteiger partial charge < -0.3 is 4.84 Å². The van der Waals surface area contributed by atoms with E-state index < -0.39 is 0 Å². The van der Waals surface area contributed by atoms with Crippen molar-refractivity contribution in [3.8, 4) is 0 Å². The fraction of sp³-hybridized carbons (Fsp3) is 1.00. The molecule has 0 bridgehead atoms. The third kappa shape index (κ3) is 4.46. The zero-order chi connectivity index (χ0) is 15.5. The van der Waals surface area contributed by atoms with Crippen LogP contribution in [0.25, 0.3) is 0 Å². The molecule has 2 rings (SSSR count). The van der Waals surface area contributed by atoms with E-state index in [9.17, 15) is 5.21 Å². The maximum atomic E-state index is 9.88. The number of likely N-dealkylation sites (tertiary alicyclic amines) is 1. The van der Waals surface area contributed by atoms with Crippen LogP contribution in [0.3, 0.4) is 0 Å². The predicted molar refractivity (Wildman–Crippen MR) is 79.9 cm³/mol. The van der Waals surface area contributed by atoms with Gasteiger partial charge in [-0.15, -0.1) is 5.01 Å². The summed E-state index contributed by atoms with van der Waals surface area (Å²) in [6, 6.07) is 0.731. The van der Waals surface area contributed by atoms with Crippen LogP contribution in [0.15, 0.2) is 5.28 Å². The van der Waals surface area contributed by atoms with Gasteiger partial charge in [0, 0.05) is 25.6 Å². The van der Waals surface area contributed by atoms with E-state index >= 15 is 0 Å². The Hall–Kier alpha value is -1.04. The van der Waals surface area contributed by atoms with Crippen molar-refractivity contribution in [1.82, 2.24) is 9.91 Å². The minimum absolute atomic E-state index is 0.0925. The Morgan fingerprint density at radius 1 is 1.19 bits per heavy atom. The first-order valence-corrected chi connectivity index (χ1v) is 8.21. The molecular weight excluding hydrogens is 268 g/mol. The topological polar surface area (TPSA) is 51.3 Å². The van der Waals surface area contributed by atoms with Crippen molar-refractivity contribution in [2.75, 3.05) is 20.1 Å². The van der Waals surface area contributed by atoms with Gasteiger partial charge >= 0.3 is 0 Å². The molecule has 21 heavy (non-hydrogen) atoms. The molecule has 1 aliphatic carbocycles. The molecule has 122 valence electrons. The Bertz CT molecular complexity index is 361. The lowest BCUT2D eigenvalue weighted by Crippen LogP contribution is -2.43. The van der Waals surface area contributed by atoms with Crippen molar-refractivity contribution < 1.29 is 15.0 Å². The zero-order valence-electron chi connectivity index (χ0n) is 14.0. The van der Waals surface area contributed by atoms with Crippen molar-refractivity contribution in [2.24, 2.45) is 5.28 Å². The van der Waals surface area contributed by atoms with Crippen LogP contribution >= 0.6 is 0 Å². The van der Waals surface area contributed by atoms with Gasteiger partial charge in [0.15, 0.2) is 0 Å². The number of hydrazine groups is 1. The fourth-order valence-electron chi connectivity index (χ4n) is 3.05. The Morgan fingerprint density at radius 3 is 2.48 bits per heavy atom. The standard InChI is InChI=1S/C15H31N4O2/c1-15(2,3)17(4)19(20)16-21-14-10-11-18(12-14)13-8-6-5-7-9-13/h13-14H,5-12H2,1-4H3,(H,16,20)/q+1/t14-/m1/s1. The molecule has 2 fully saturated rings. The van der Waals surface area contributed by atoms with E-state index in [-0.39, 0.29) is 11.6 Å². The van der Waals surface area contributed by atoms with Gasteiger partial charge in [-0.3, -0.25) is 4.90 Å². The SMILES string of the molecule is CN(/[N+](O)=N/O[C@@H]1CCN(C2CCCCC2)C1)C(C)(C)C. The van der Waals surface area contributed by atoms with Crippen LogP contribution in [0.4, 0.5) is 0 Å². The highest BCUT2D eigenvalue weighted by Crippen LogP contribution is 2.26. The molecule has 0 amide bonds. The van der Waals surface area contributed by atoms with Gasteiger partial charge in [-0.05, 0) is 33.6 Å². The molecule has 6 nitrogen and oxygen atoms in total. The molecule has 1 heterocycles. The molecule has 0 radical (unpaired) electrons. The predicted octanol–water partition coefficient (Wildman–Crippen LogP) is 2.82. The smallest absolute Gasteiger partial charge is 0.274 e. The Balaban J connectivity index is 1.79. The second-order valence-electron chi connectivity index (χ2n) is 7.35. The first-order chi connectivity index (χ1) is 9.88. The Morgan fingerprint density at radius 2 is 1.86 bits per heavy atom. The van der Waals surface area contributed by atoms with Gasteiger partial charge in [-0.25, -0.2) is 5.21 Å². The lowest BCUT2D eigenvalue weighted by Gasteiger charge is -2.30. The van der Waals surface area contributed by atoms with Crippen LogP contribution < -0.4 is 0 Å². The van der Waals surface area contributed by atoms with E-state index in [0.717, 1.165) is 30.5 Å². The highest BCUT2D eigenvalue weighted by molar-refractivity contribution is 4.83. The van der Waals surface area contributed by atoms with E-state index in [2.05, 4.69) is 10.2 Å². The molecule has 1 N–H and O–H groups in total. The second-order valence-corrected chi connectivity index (χ2v) is 7.35. The van der Waals surface area contributed by atoms with Crippen LogP contribution in [-0.2, 0) is 4.84 Å². The molecule has 1 atom stereocenters. The summed E-state index contributed by atoms with van der Waals surface area (Å²) in [6.07, 6.45) is 7.84. The quantitative estimate of drug-likeness (QED) is 0.493. The third-order valence-corrected chi connectivity index (χ3v) is 4.78. The van der Waals surface area contributed by atoms with Crippen LogP contribution in [0.2, 0.25) is 0 Å². The molecule has 1 saturated carbocycles. The summed E-state index contributed by atoms with van der Waals surface area (Å²) in [5.41, 5.74) is -0.203. The molecule has 1 aliphatic heterocycles. The summed E-state index contributed by atoms with van der Waals surface area (Å²) in [4.78, 5) is 8.86. The van der Waals surface area contributed by atoms with E-state index in [1.165, 1.54) is 32.1 Å². The van der Waals surface area contributed by atoms with Crippen LogP contribution in [-0.4, -0.2) is 57.9 Å². The molecule has 0 aromatic rings. The molecule has 0 unspecified atom stereocenters. The largest absolute Gasteiger partial charge is 0.337 e. The zero-order valence-corrected chi connectivity index (χ0v) is 14.0. The summed E-state index contributed by atoms with van der Waals surface area (Å²) in [5, 5.41) is 15.4. The van der Waals surface area contributed by atoms with E-state index in [4.69, 9.17) is 4.84 Å². The minimum Gasteiger partial charge on any atom is -0.337 e. The number of nitrogens with zero attached hydrogens (tertiary/aromatic N) is 4. The second kappa shape index (κ2) is 6.81. The van der Waals surface area contributed by atoms with Crippen molar-refractivity contribution in [3.05, 3.63) is 0 Å². The number of hydrogen-bond donors (Lipinski definition) is 1. The first-order valence-electron chi connectivity index (χ1n) is 8.21. The van der Waals surface area contributed by atoms with Gasteiger partial charge in [0.1, 0.15) is 6.10 Å². The molecule has 1 saturated heterocycles. The molecule has 6 heteroatoms. The Labute approximate surface area is 128 Å². The summed E-state index contributed by atoms with van der Waals surface area (Å²) >= 11 is 0. The van der Waals surface area contributed by atoms with Crippen molar-refractivity contribution in [2.45, 2.75) is 77.0 Å². The maximum absolute atomic E-state index is 9.88. The molecule has 0 spiro atoms. The van der Waals surface area contributed by atoms with Crippen LogP contribution in [0.1, 0.15) is 59.3 Å². The molecule has 0 aromatic carbocycles. The van der Waals surface area contributed by atoms with Gasteiger partial charge in [0.05, 0.1) is 12.6 Å². The minimum atomic E-state index is -0.203. The highest BCUT2D eigenvalue weighted by atomic mass is 16.7. The van der Waals surface area contributed by atoms with Crippen molar-refractivity contribution in [1.29, 1.82) is 0 Å². The highest BCUT2D eigenvalue weighted by Gasteiger charge is 2.32. The van der Waals surface area contributed by atoms with Crippen molar-refractivity contribution in [3.63, 3.8) is 0 Å². The summed E-state index contributed by atoms with van der Waals surface area (Å²) in [6.45, 7) is 8.04. The third-order valence-electron chi connectivity index (χ3n) is 4.78. The first kappa shape index (κ1) is 16.3. The molecule has 2 aliphatic rings. The fourth-order valence-corrected chi connectivity index (χ4v) is 3.05. The average Bonchev–Trinajstić information content (AvgIpc) is 2.93. The number of hydrogen-bond acceptors (Lipinski definition) is 3. The lowest BCUT2D eigenvalue weighted by atomic mass is 9.94. The van der Waals surface area contributed by atoms with Gasteiger partial charge in [0.2, 0.25) is 0 Å². The number of rotatable bonds is 4. The van der Waals surface area contributed by atoms with Gasteiger partial charge in [-0.2, -0.15) is 0 Å². The van der Waals surface area contributed by atoms with E-state index in [0.29, 0.717) is 0 Å². The summed E-state index contributed by atoms with van der Waals surface area (Å²) < 4.78 is 0. The van der Waals surface area contributed by atoms with E-state index in [1.54, 1.807) is 12.1 Å². The Kier molecular flexibility index (Phi) is 5.30.